The van der Waals surface area contributed by atoms with Gasteiger partial charge in [0.25, 0.3) is 0 Å². The van der Waals surface area contributed by atoms with Gasteiger partial charge in [-0.15, -0.1) is 0 Å². The summed E-state index contributed by atoms with van der Waals surface area (Å²) in [5.41, 5.74) is 0. The van der Waals surface area contributed by atoms with Crippen LogP contribution in [0.3, 0.4) is 0 Å². The number of hydrogen-bond acceptors (Lipinski definition) is 0. The Balaban J connectivity index is 2.33. The fourth-order valence-corrected chi connectivity index (χ4v) is 4.41. The first-order valence-corrected chi connectivity index (χ1v) is 7.99. The molecule has 0 N–H and O–H groups in total. The van der Waals surface area contributed by atoms with Gasteiger partial charge in [-0.3, -0.25) is 0 Å². The predicted molar refractivity (Wildman–Crippen MR) is 81.3 cm³/mol. The van der Waals surface area contributed by atoms with Gasteiger partial charge in [-0.05, 0) is 36.4 Å². The standard InChI is InChI=1S/C18H11F4S/c19-13-8-4-9-14(20)17(13)23(12-6-2-1-3-7-12)18-15(21)10-5-11-16(18)22/h1-11H/q+1. The van der Waals surface area contributed by atoms with Crippen LogP contribution in [0.5, 0.6) is 0 Å². The number of rotatable bonds is 3. The van der Waals surface area contributed by atoms with Crippen LogP contribution in [0.1, 0.15) is 0 Å². The van der Waals surface area contributed by atoms with Crippen molar-refractivity contribution in [3.05, 3.63) is 90.0 Å². The zero-order valence-corrected chi connectivity index (χ0v) is 12.6. The van der Waals surface area contributed by atoms with Crippen LogP contribution >= 0.6 is 0 Å². The van der Waals surface area contributed by atoms with E-state index in [1.54, 1.807) is 30.3 Å². The van der Waals surface area contributed by atoms with Gasteiger partial charge in [0.15, 0.2) is 28.2 Å². The topological polar surface area (TPSA) is 0 Å². The summed E-state index contributed by atoms with van der Waals surface area (Å²) in [4.78, 5) is -0.258. The molecule has 3 rings (SSSR count). The summed E-state index contributed by atoms with van der Waals surface area (Å²) in [5, 5.41) is 0. The Morgan fingerprint density at radius 2 is 0.870 bits per heavy atom. The molecule has 0 aromatic heterocycles. The van der Waals surface area contributed by atoms with Gasteiger partial charge in [0.2, 0.25) is 9.79 Å². The van der Waals surface area contributed by atoms with Gasteiger partial charge in [0.1, 0.15) is 10.9 Å². The molecule has 0 fully saturated rings. The third-order valence-corrected chi connectivity index (χ3v) is 5.57. The molecule has 3 aromatic carbocycles. The van der Waals surface area contributed by atoms with Crippen molar-refractivity contribution < 1.29 is 17.6 Å². The molecule has 0 aliphatic carbocycles. The van der Waals surface area contributed by atoms with Crippen molar-refractivity contribution in [2.75, 3.05) is 0 Å². The number of halogens is 4. The lowest BCUT2D eigenvalue weighted by atomic mass is 10.3. The molecule has 0 amide bonds. The van der Waals surface area contributed by atoms with Gasteiger partial charge in [-0.2, -0.15) is 0 Å². The fourth-order valence-electron chi connectivity index (χ4n) is 2.25. The van der Waals surface area contributed by atoms with E-state index >= 15 is 0 Å². The minimum atomic E-state index is -1.56. The molecule has 23 heavy (non-hydrogen) atoms. The highest BCUT2D eigenvalue weighted by Gasteiger charge is 2.39. The van der Waals surface area contributed by atoms with Gasteiger partial charge >= 0.3 is 0 Å². The summed E-state index contributed by atoms with van der Waals surface area (Å²) in [6.07, 6.45) is 0. The van der Waals surface area contributed by atoms with Gasteiger partial charge in [0, 0.05) is 0 Å². The fraction of sp³-hybridized carbons (Fsp3) is 0. The molecule has 0 aliphatic rings. The highest BCUT2D eigenvalue weighted by molar-refractivity contribution is 7.97. The molecule has 0 spiro atoms. The lowest BCUT2D eigenvalue weighted by Crippen LogP contribution is -2.13. The molecule has 0 radical (unpaired) electrons. The Bertz CT molecular complexity index is 742. The number of benzene rings is 3. The molecule has 0 saturated carbocycles. The van der Waals surface area contributed by atoms with Crippen molar-refractivity contribution in [1.29, 1.82) is 0 Å². The van der Waals surface area contributed by atoms with Crippen LogP contribution in [0.25, 0.3) is 0 Å². The van der Waals surface area contributed by atoms with Crippen LogP contribution in [0.15, 0.2) is 81.4 Å². The summed E-state index contributed by atoms with van der Waals surface area (Å²) in [6, 6.07) is 15.0. The highest BCUT2D eigenvalue weighted by atomic mass is 32.2. The maximum atomic E-state index is 14.3. The summed E-state index contributed by atoms with van der Waals surface area (Å²) >= 11 is 0. The average Bonchev–Trinajstić information content (AvgIpc) is 2.53. The van der Waals surface area contributed by atoms with E-state index in [-0.39, 0.29) is 9.79 Å². The van der Waals surface area contributed by atoms with E-state index in [0.717, 1.165) is 24.3 Å². The van der Waals surface area contributed by atoms with Gasteiger partial charge in [-0.1, -0.05) is 30.3 Å². The molecule has 0 saturated heterocycles. The van der Waals surface area contributed by atoms with E-state index in [4.69, 9.17) is 0 Å². The lowest BCUT2D eigenvalue weighted by Gasteiger charge is -2.10. The van der Waals surface area contributed by atoms with Crippen LogP contribution in [0.4, 0.5) is 17.6 Å². The van der Waals surface area contributed by atoms with Crippen LogP contribution < -0.4 is 0 Å². The Hall–Kier alpha value is -2.27. The normalized spacial score (nSPS) is 11.0. The minimum Gasteiger partial charge on any atom is -0.201 e. The van der Waals surface area contributed by atoms with E-state index in [1.807, 2.05) is 0 Å². The molecule has 0 aliphatic heterocycles. The largest absolute Gasteiger partial charge is 0.237 e. The predicted octanol–water partition coefficient (Wildman–Crippen LogP) is 5.34. The molecule has 0 bridgehead atoms. The Morgan fingerprint density at radius 3 is 1.26 bits per heavy atom. The maximum absolute atomic E-state index is 14.3. The second-order valence-electron chi connectivity index (χ2n) is 4.72. The number of hydrogen-bond donors (Lipinski definition) is 0. The summed E-state index contributed by atoms with van der Waals surface area (Å²) < 4.78 is 57.0. The minimum absolute atomic E-state index is 0.345. The molecule has 0 atom stereocenters. The van der Waals surface area contributed by atoms with Crippen LogP contribution in [-0.2, 0) is 10.9 Å². The lowest BCUT2D eigenvalue weighted by molar-refractivity contribution is 0.528. The molecule has 0 heterocycles. The molecule has 0 nitrogen and oxygen atoms in total. The maximum Gasteiger partial charge on any atom is 0.237 e. The third kappa shape index (κ3) is 2.97. The van der Waals surface area contributed by atoms with Gasteiger partial charge < -0.3 is 0 Å². The first-order valence-electron chi connectivity index (χ1n) is 6.77. The quantitative estimate of drug-likeness (QED) is 0.448. The molecule has 0 unspecified atom stereocenters. The SMILES string of the molecule is Fc1cccc(F)c1[S+](c1ccccc1)c1c(F)cccc1F. The van der Waals surface area contributed by atoms with E-state index < -0.39 is 34.2 Å². The zero-order chi connectivity index (χ0) is 16.4. The first-order chi connectivity index (χ1) is 11.1. The van der Waals surface area contributed by atoms with Crippen molar-refractivity contribution in [3.8, 4) is 0 Å². The summed E-state index contributed by atoms with van der Waals surface area (Å²) in [7, 11) is -1.56. The summed E-state index contributed by atoms with van der Waals surface area (Å²) in [5.74, 6) is -3.33. The van der Waals surface area contributed by atoms with E-state index in [2.05, 4.69) is 0 Å². The Labute approximate surface area is 133 Å². The van der Waals surface area contributed by atoms with Gasteiger partial charge in [0.05, 0.1) is 0 Å². The second kappa shape index (κ2) is 6.46. The first kappa shape index (κ1) is 15.6. The molecular weight excluding hydrogens is 324 g/mol. The molecule has 3 aromatic rings. The van der Waals surface area contributed by atoms with Crippen molar-refractivity contribution in [3.63, 3.8) is 0 Å². The molecular formula is C18H11F4S+. The van der Waals surface area contributed by atoms with E-state index in [0.29, 0.717) is 4.90 Å². The summed E-state index contributed by atoms with van der Waals surface area (Å²) in [6.45, 7) is 0. The Kier molecular flexibility index (Phi) is 4.39. The second-order valence-corrected chi connectivity index (χ2v) is 6.62. The zero-order valence-electron chi connectivity index (χ0n) is 11.8. The van der Waals surface area contributed by atoms with Crippen LogP contribution in [0, 0.1) is 23.3 Å². The van der Waals surface area contributed by atoms with Crippen LogP contribution in [0.2, 0.25) is 0 Å². The molecule has 116 valence electrons. The van der Waals surface area contributed by atoms with Crippen molar-refractivity contribution >= 4 is 10.9 Å². The monoisotopic (exact) mass is 335 g/mol. The van der Waals surface area contributed by atoms with Crippen molar-refractivity contribution in [2.24, 2.45) is 0 Å². The van der Waals surface area contributed by atoms with Crippen molar-refractivity contribution in [1.82, 2.24) is 0 Å². The Morgan fingerprint density at radius 1 is 0.478 bits per heavy atom. The van der Waals surface area contributed by atoms with Crippen LogP contribution in [-0.4, -0.2) is 0 Å². The smallest absolute Gasteiger partial charge is 0.201 e. The average molecular weight is 335 g/mol. The van der Waals surface area contributed by atoms with Gasteiger partial charge in [-0.25, -0.2) is 17.6 Å². The third-order valence-electron chi connectivity index (χ3n) is 3.23. The van der Waals surface area contributed by atoms with E-state index in [9.17, 15) is 17.6 Å². The molecule has 5 heteroatoms. The van der Waals surface area contributed by atoms with Crippen molar-refractivity contribution in [2.45, 2.75) is 14.7 Å². The highest BCUT2D eigenvalue weighted by Crippen LogP contribution is 2.36. The van der Waals surface area contributed by atoms with E-state index in [1.165, 1.54) is 12.1 Å².